The number of hydrogen-bond acceptors (Lipinski definition) is 0. The minimum atomic E-state index is 0.0608. The first-order valence-electron chi connectivity index (χ1n) is 5.41. The maximum Gasteiger partial charge on any atom is 0.0419 e. The summed E-state index contributed by atoms with van der Waals surface area (Å²) in [4.78, 5) is 0.0608. The molecule has 0 heterocycles. The van der Waals surface area contributed by atoms with Crippen molar-refractivity contribution < 1.29 is 0 Å². The van der Waals surface area contributed by atoms with Gasteiger partial charge in [0.25, 0.3) is 0 Å². The van der Waals surface area contributed by atoms with Gasteiger partial charge < -0.3 is 0 Å². The molecule has 1 aromatic carbocycles. The standard InChI is InChI=1S/C13H17Cl/c1-13(14)9-7-12(8-10-13)11-5-3-2-4-6-11/h2-6,12H,7-10H2,1H3. The van der Waals surface area contributed by atoms with Gasteiger partial charge in [-0.1, -0.05) is 30.3 Å². The van der Waals surface area contributed by atoms with Crippen molar-refractivity contribution in [3.05, 3.63) is 35.9 Å². The highest BCUT2D eigenvalue weighted by Gasteiger charge is 2.29. The largest absolute Gasteiger partial charge is 0.120 e. The van der Waals surface area contributed by atoms with Crippen molar-refractivity contribution in [2.45, 2.75) is 43.4 Å². The quantitative estimate of drug-likeness (QED) is 0.603. The van der Waals surface area contributed by atoms with Gasteiger partial charge in [-0.3, -0.25) is 0 Å². The predicted octanol–water partition coefficient (Wildman–Crippen LogP) is 4.34. The molecule has 2 rings (SSSR count). The van der Waals surface area contributed by atoms with Gasteiger partial charge in [0, 0.05) is 4.87 Å². The fourth-order valence-corrected chi connectivity index (χ4v) is 2.50. The van der Waals surface area contributed by atoms with Crippen LogP contribution in [0.1, 0.15) is 44.1 Å². The predicted molar refractivity (Wildman–Crippen MR) is 61.9 cm³/mol. The second-order valence-corrected chi connectivity index (χ2v) is 5.51. The number of alkyl halides is 1. The lowest BCUT2D eigenvalue weighted by atomic mass is 9.79. The zero-order valence-corrected chi connectivity index (χ0v) is 9.43. The van der Waals surface area contributed by atoms with E-state index in [2.05, 4.69) is 37.3 Å². The van der Waals surface area contributed by atoms with Gasteiger partial charge in [-0.15, -0.1) is 11.6 Å². The summed E-state index contributed by atoms with van der Waals surface area (Å²) in [7, 11) is 0. The maximum absolute atomic E-state index is 6.32. The molecule has 0 atom stereocenters. The van der Waals surface area contributed by atoms with E-state index >= 15 is 0 Å². The summed E-state index contributed by atoms with van der Waals surface area (Å²) in [5.41, 5.74) is 1.49. The monoisotopic (exact) mass is 208 g/mol. The topological polar surface area (TPSA) is 0 Å². The highest BCUT2D eigenvalue weighted by atomic mass is 35.5. The molecule has 0 nitrogen and oxygen atoms in total. The molecule has 0 aliphatic heterocycles. The van der Waals surface area contributed by atoms with E-state index in [1.807, 2.05) is 0 Å². The lowest BCUT2D eigenvalue weighted by Crippen LogP contribution is -2.23. The van der Waals surface area contributed by atoms with E-state index in [1.54, 1.807) is 0 Å². The van der Waals surface area contributed by atoms with Crippen LogP contribution in [0.5, 0.6) is 0 Å². The molecule has 0 N–H and O–H groups in total. The highest BCUT2D eigenvalue weighted by molar-refractivity contribution is 6.23. The average molecular weight is 209 g/mol. The first kappa shape index (κ1) is 10.0. The molecule has 1 aliphatic carbocycles. The molecule has 14 heavy (non-hydrogen) atoms. The van der Waals surface area contributed by atoms with Crippen LogP contribution in [0.3, 0.4) is 0 Å². The van der Waals surface area contributed by atoms with Gasteiger partial charge in [0.1, 0.15) is 0 Å². The Morgan fingerprint density at radius 1 is 1.14 bits per heavy atom. The molecular weight excluding hydrogens is 192 g/mol. The maximum atomic E-state index is 6.32. The highest BCUT2D eigenvalue weighted by Crippen LogP contribution is 2.40. The molecule has 0 bridgehead atoms. The number of halogens is 1. The molecule has 0 aromatic heterocycles. The summed E-state index contributed by atoms with van der Waals surface area (Å²) in [5, 5.41) is 0. The van der Waals surface area contributed by atoms with Crippen LogP contribution < -0.4 is 0 Å². The summed E-state index contributed by atoms with van der Waals surface area (Å²) in [5.74, 6) is 0.739. The Morgan fingerprint density at radius 2 is 1.71 bits per heavy atom. The van der Waals surface area contributed by atoms with Crippen molar-refractivity contribution in [2.24, 2.45) is 0 Å². The Hall–Kier alpha value is -0.490. The summed E-state index contributed by atoms with van der Waals surface area (Å²) in [6, 6.07) is 10.8. The van der Waals surface area contributed by atoms with E-state index in [0.29, 0.717) is 0 Å². The van der Waals surface area contributed by atoms with E-state index in [-0.39, 0.29) is 4.87 Å². The van der Waals surface area contributed by atoms with Gasteiger partial charge in [-0.2, -0.15) is 0 Å². The Labute approximate surface area is 91.3 Å². The second kappa shape index (κ2) is 3.94. The first-order valence-corrected chi connectivity index (χ1v) is 5.79. The van der Waals surface area contributed by atoms with Crippen molar-refractivity contribution in [2.75, 3.05) is 0 Å². The van der Waals surface area contributed by atoms with Gasteiger partial charge >= 0.3 is 0 Å². The minimum absolute atomic E-state index is 0.0608. The van der Waals surface area contributed by atoms with Gasteiger partial charge in [-0.05, 0) is 44.1 Å². The van der Waals surface area contributed by atoms with Crippen LogP contribution in [-0.4, -0.2) is 4.87 Å². The van der Waals surface area contributed by atoms with Crippen LogP contribution in [0.25, 0.3) is 0 Å². The zero-order chi connectivity index (χ0) is 10.0. The molecule has 1 fully saturated rings. The Balaban J connectivity index is 2.03. The summed E-state index contributed by atoms with van der Waals surface area (Å²) in [6.07, 6.45) is 4.77. The number of rotatable bonds is 1. The van der Waals surface area contributed by atoms with Gasteiger partial charge in [0.2, 0.25) is 0 Å². The van der Waals surface area contributed by atoms with Crippen LogP contribution in [0.15, 0.2) is 30.3 Å². The Bertz CT molecular complexity index is 279. The third kappa shape index (κ3) is 2.30. The van der Waals surface area contributed by atoms with Crippen LogP contribution in [0.4, 0.5) is 0 Å². The molecule has 1 aliphatic rings. The molecular formula is C13H17Cl. The van der Waals surface area contributed by atoms with E-state index in [0.717, 1.165) is 18.8 Å². The number of hydrogen-bond donors (Lipinski definition) is 0. The third-order valence-electron chi connectivity index (χ3n) is 3.30. The Morgan fingerprint density at radius 3 is 2.29 bits per heavy atom. The van der Waals surface area contributed by atoms with Gasteiger partial charge in [0.05, 0.1) is 0 Å². The molecule has 1 saturated carbocycles. The normalized spacial score (nSPS) is 32.9. The van der Waals surface area contributed by atoms with Crippen LogP contribution in [-0.2, 0) is 0 Å². The van der Waals surface area contributed by atoms with Crippen molar-refractivity contribution in [3.8, 4) is 0 Å². The fourth-order valence-electron chi connectivity index (χ4n) is 2.28. The van der Waals surface area contributed by atoms with Gasteiger partial charge in [-0.25, -0.2) is 0 Å². The smallest absolute Gasteiger partial charge is 0.0419 e. The van der Waals surface area contributed by atoms with Crippen LogP contribution >= 0.6 is 11.6 Å². The Kier molecular flexibility index (Phi) is 2.83. The second-order valence-electron chi connectivity index (χ2n) is 4.60. The summed E-state index contributed by atoms with van der Waals surface area (Å²) in [6.45, 7) is 2.16. The third-order valence-corrected chi connectivity index (χ3v) is 3.68. The molecule has 0 radical (unpaired) electrons. The van der Waals surface area contributed by atoms with Crippen molar-refractivity contribution in [1.82, 2.24) is 0 Å². The van der Waals surface area contributed by atoms with Crippen molar-refractivity contribution in [1.29, 1.82) is 0 Å². The van der Waals surface area contributed by atoms with Crippen LogP contribution in [0.2, 0.25) is 0 Å². The lowest BCUT2D eigenvalue weighted by Gasteiger charge is -2.32. The zero-order valence-electron chi connectivity index (χ0n) is 8.67. The molecule has 0 amide bonds. The van der Waals surface area contributed by atoms with Crippen molar-refractivity contribution in [3.63, 3.8) is 0 Å². The molecule has 0 spiro atoms. The van der Waals surface area contributed by atoms with Crippen molar-refractivity contribution >= 4 is 11.6 Å². The molecule has 0 saturated heterocycles. The summed E-state index contributed by atoms with van der Waals surface area (Å²) >= 11 is 6.32. The molecule has 1 aromatic rings. The van der Waals surface area contributed by atoms with E-state index in [4.69, 9.17) is 11.6 Å². The van der Waals surface area contributed by atoms with E-state index in [9.17, 15) is 0 Å². The van der Waals surface area contributed by atoms with Crippen LogP contribution in [0, 0.1) is 0 Å². The molecule has 1 heteroatoms. The fraction of sp³-hybridized carbons (Fsp3) is 0.538. The average Bonchev–Trinajstić information content (AvgIpc) is 2.19. The van der Waals surface area contributed by atoms with E-state index in [1.165, 1.54) is 18.4 Å². The van der Waals surface area contributed by atoms with E-state index < -0.39 is 0 Å². The molecule has 76 valence electrons. The molecule has 0 unspecified atom stereocenters. The first-order chi connectivity index (χ1) is 6.67. The minimum Gasteiger partial charge on any atom is -0.120 e. The number of benzene rings is 1. The lowest BCUT2D eigenvalue weighted by molar-refractivity contribution is 0.373. The SMILES string of the molecule is CC1(Cl)CCC(c2ccccc2)CC1. The summed E-state index contributed by atoms with van der Waals surface area (Å²) < 4.78 is 0. The van der Waals surface area contributed by atoms with Gasteiger partial charge in [0.15, 0.2) is 0 Å².